The fourth-order valence-electron chi connectivity index (χ4n) is 10.7. The Balaban J connectivity index is 5.43. The molecule has 5 unspecified atom stereocenters. The number of unbranched alkanes of at least 4 members (excludes halogenated alkanes) is 30. The Morgan fingerprint density at radius 1 is 0.279 bits per heavy atom. The van der Waals surface area contributed by atoms with E-state index in [-0.39, 0.29) is 25.7 Å². The normalized spacial score (nSPS) is 14.5. The highest BCUT2D eigenvalue weighted by Gasteiger charge is 2.30. The second-order valence-electron chi connectivity index (χ2n) is 27.0. The van der Waals surface area contributed by atoms with Crippen LogP contribution in [0.2, 0.25) is 0 Å². The first-order valence-electron chi connectivity index (χ1n) is 40.8. The number of carbonyl (C=O) groups excluding carboxylic acids is 4. The monoisotopic (exact) mass is 1500 g/mol. The Morgan fingerprint density at radius 3 is 0.865 bits per heavy atom. The summed E-state index contributed by atoms with van der Waals surface area (Å²) in [6, 6.07) is 0. The van der Waals surface area contributed by atoms with E-state index in [9.17, 15) is 43.2 Å². The molecule has 19 heteroatoms. The van der Waals surface area contributed by atoms with Crippen LogP contribution >= 0.6 is 15.6 Å². The molecule has 3 N–H and O–H groups in total. The van der Waals surface area contributed by atoms with E-state index < -0.39 is 97.5 Å². The van der Waals surface area contributed by atoms with E-state index in [4.69, 9.17) is 37.0 Å². The second kappa shape index (κ2) is 76.6. The van der Waals surface area contributed by atoms with Crippen LogP contribution in [0.25, 0.3) is 0 Å². The van der Waals surface area contributed by atoms with Crippen LogP contribution in [0.4, 0.5) is 0 Å². The maximum Gasteiger partial charge on any atom is 0.472 e. The minimum atomic E-state index is -5.00. The van der Waals surface area contributed by atoms with Gasteiger partial charge in [-0.25, -0.2) is 9.13 Å². The van der Waals surface area contributed by atoms with Crippen molar-refractivity contribution >= 4 is 39.5 Å². The summed E-state index contributed by atoms with van der Waals surface area (Å²) in [5.74, 6) is -2.28. The molecule has 0 aromatic rings. The van der Waals surface area contributed by atoms with E-state index in [1.54, 1.807) is 0 Å². The third kappa shape index (κ3) is 75.7. The number of aliphatic hydroxyl groups is 1. The Morgan fingerprint density at radius 2 is 0.519 bits per heavy atom. The molecular weight excluding hydrogens is 1350 g/mol. The molecule has 5 atom stereocenters. The maximum absolute atomic E-state index is 13.1. The molecular formula is C85H146O17P2. The molecule has 0 spiro atoms. The van der Waals surface area contributed by atoms with Gasteiger partial charge in [-0.05, 0) is 128 Å². The molecule has 598 valence electrons. The van der Waals surface area contributed by atoms with Gasteiger partial charge in [-0.15, -0.1) is 0 Å². The SMILES string of the molecule is CC/C=C\C/C=C\C/C=C\C/C=C\C/C=C\C/C=C\CCC(=O)OCC(COP(=O)(O)OCC(O)COP(=O)(O)OCC(COC(=O)CCCCCCC/C=C\CCCCCC)OC(=O)CCCCCCCCCCCCCCC)OC(=O)CCCCCCCC/C=C\C/C=C\C/C=C\CCCCC. The van der Waals surface area contributed by atoms with Crippen molar-refractivity contribution < 1.29 is 80.2 Å². The summed E-state index contributed by atoms with van der Waals surface area (Å²) >= 11 is 0. The van der Waals surface area contributed by atoms with E-state index in [0.29, 0.717) is 32.1 Å². The lowest BCUT2D eigenvalue weighted by Gasteiger charge is -2.21. The average Bonchev–Trinajstić information content (AvgIpc) is 0.906. The molecule has 0 aliphatic carbocycles. The van der Waals surface area contributed by atoms with Crippen molar-refractivity contribution in [1.29, 1.82) is 0 Å². The highest BCUT2D eigenvalue weighted by Crippen LogP contribution is 2.45. The first-order chi connectivity index (χ1) is 50.7. The van der Waals surface area contributed by atoms with E-state index in [1.807, 2.05) is 18.2 Å². The molecule has 0 amide bonds. The van der Waals surface area contributed by atoms with Crippen molar-refractivity contribution in [2.24, 2.45) is 0 Å². The molecule has 0 saturated carbocycles. The molecule has 0 radical (unpaired) electrons. The topological polar surface area (TPSA) is 237 Å². The Labute approximate surface area is 632 Å². The number of ether oxygens (including phenoxy) is 4. The summed E-state index contributed by atoms with van der Waals surface area (Å²) in [7, 11) is -9.98. The van der Waals surface area contributed by atoms with Gasteiger partial charge in [-0.1, -0.05) is 303 Å². The molecule has 0 fully saturated rings. The van der Waals surface area contributed by atoms with Gasteiger partial charge in [-0.3, -0.25) is 37.3 Å². The summed E-state index contributed by atoms with van der Waals surface area (Å²) in [5.41, 5.74) is 0. The standard InChI is InChI=1S/C85H146O17P2/c1-5-9-13-17-21-25-29-33-35-37-39-41-43-47-50-54-58-62-66-70-83(88)96-76-81(102-85(90)72-68-64-60-56-52-48-44-42-40-38-36-34-30-26-22-18-14-10-6-2)78-100-104(93,94)98-74-79(86)73-97-103(91,92)99-77-80(101-84(89)71-67-63-59-55-51-46-32-28-24-20-16-12-8-4)75-95-82(87)69-65-61-57-53-49-45-31-27-23-19-15-11-7-3/h9,13,21-22,25-27,31,33-36,39-42,47,50,58,62,79-81,86H,5-8,10-12,14-20,23-24,28-30,32,37-38,43-46,48-49,51-57,59-61,63-78H2,1-4H3,(H,91,92)(H,93,94)/b13-9-,25-21-,26-22-,31-27-,35-33-,36-34-,41-39-,42-40-,50-47-,62-58-. The van der Waals surface area contributed by atoms with Crippen molar-refractivity contribution in [2.75, 3.05) is 39.6 Å². The van der Waals surface area contributed by atoms with Gasteiger partial charge in [0, 0.05) is 25.7 Å². The second-order valence-corrected chi connectivity index (χ2v) is 29.9. The van der Waals surface area contributed by atoms with Gasteiger partial charge < -0.3 is 33.8 Å². The smallest absolute Gasteiger partial charge is 0.462 e. The number of hydrogen-bond donors (Lipinski definition) is 3. The van der Waals surface area contributed by atoms with Gasteiger partial charge in [0.25, 0.3) is 0 Å². The summed E-state index contributed by atoms with van der Waals surface area (Å²) < 4.78 is 68.6. The minimum absolute atomic E-state index is 0.0312. The molecule has 0 aromatic heterocycles. The molecule has 0 aliphatic heterocycles. The predicted octanol–water partition coefficient (Wildman–Crippen LogP) is 23.9. The maximum atomic E-state index is 13.1. The summed E-state index contributed by atoms with van der Waals surface area (Å²) in [6.07, 6.45) is 84.7. The fraction of sp³-hybridized carbons (Fsp3) is 0.718. The van der Waals surface area contributed by atoms with Gasteiger partial charge in [0.1, 0.15) is 19.3 Å². The molecule has 0 aromatic carbocycles. The van der Waals surface area contributed by atoms with Crippen LogP contribution in [0.15, 0.2) is 122 Å². The van der Waals surface area contributed by atoms with Crippen molar-refractivity contribution in [2.45, 2.75) is 354 Å². The first kappa shape index (κ1) is 99.5. The fourth-order valence-corrected chi connectivity index (χ4v) is 12.3. The van der Waals surface area contributed by atoms with Crippen molar-refractivity contribution in [3.8, 4) is 0 Å². The summed E-state index contributed by atoms with van der Waals surface area (Å²) in [6.45, 7) is 4.64. The molecule has 0 bridgehead atoms. The molecule has 0 heterocycles. The Hall–Kier alpha value is -4.54. The molecule has 0 aliphatic rings. The van der Waals surface area contributed by atoms with Gasteiger partial charge >= 0.3 is 39.5 Å². The number of rotatable bonds is 76. The third-order valence-corrected chi connectivity index (χ3v) is 18.8. The summed E-state index contributed by atoms with van der Waals surface area (Å²) in [5, 5.41) is 10.6. The summed E-state index contributed by atoms with van der Waals surface area (Å²) in [4.78, 5) is 73.0. The highest BCUT2D eigenvalue weighted by atomic mass is 31.2. The van der Waals surface area contributed by atoms with E-state index in [1.165, 1.54) is 96.3 Å². The quantitative estimate of drug-likeness (QED) is 0.0169. The zero-order valence-corrected chi connectivity index (χ0v) is 67.2. The van der Waals surface area contributed by atoms with E-state index in [0.717, 1.165) is 154 Å². The Kier molecular flexibility index (Phi) is 73.3. The van der Waals surface area contributed by atoms with Gasteiger partial charge in [0.15, 0.2) is 12.2 Å². The number of esters is 4. The molecule has 104 heavy (non-hydrogen) atoms. The van der Waals surface area contributed by atoms with Crippen LogP contribution in [0, 0.1) is 0 Å². The van der Waals surface area contributed by atoms with Crippen molar-refractivity contribution in [1.82, 2.24) is 0 Å². The lowest BCUT2D eigenvalue weighted by molar-refractivity contribution is -0.161. The molecule has 0 saturated heterocycles. The lowest BCUT2D eigenvalue weighted by atomic mass is 10.0. The molecule has 17 nitrogen and oxygen atoms in total. The lowest BCUT2D eigenvalue weighted by Crippen LogP contribution is -2.30. The third-order valence-electron chi connectivity index (χ3n) is 16.9. The number of phosphoric acid groups is 2. The zero-order valence-electron chi connectivity index (χ0n) is 65.4. The largest absolute Gasteiger partial charge is 0.472 e. The number of aliphatic hydroxyl groups excluding tert-OH is 1. The van der Waals surface area contributed by atoms with Crippen LogP contribution in [0.5, 0.6) is 0 Å². The highest BCUT2D eigenvalue weighted by molar-refractivity contribution is 7.47. The van der Waals surface area contributed by atoms with E-state index >= 15 is 0 Å². The number of phosphoric ester groups is 2. The van der Waals surface area contributed by atoms with Gasteiger partial charge in [0.2, 0.25) is 0 Å². The number of carbonyl (C=O) groups is 4. The van der Waals surface area contributed by atoms with Crippen molar-refractivity contribution in [3.05, 3.63) is 122 Å². The zero-order chi connectivity index (χ0) is 76.0. The Bertz CT molecular complexity index is 2440. The van der Waals surface area contributed by atoms with Gasteiger partial charge in [-0.2, -0.15) is 0 Å². The van der Waals surface area contributed by atoms with Crippen LogP contribution in [0.3, 0.4) is 0 Å². The minimum Gasteiger partial charge on any atom is -0.462 e. The molecule has 0 rings (SSSR count). The van der Waals surface area contributed by atoms with Crippen LogP contribution in [-0.2, 0) is 65.4 Å². The predicted molar refractivity (Wildman–Crippen MR) is 427 cm³/mol. The van der Waals surface area contributed by atoms with Crippen LogP contribution in [-0.4, -0.2) is 96.7 Å². The van der Waals surface area contributed by atoms with Crippen molar-refractivity contribution in [3.63, 3.8) is 0 Å². The van der Waals surface area contributed by atoms with Crippen LogP contribution < -0.4 is 0 Å². The van der Waals surface area contributed by atoms with Gasteiger partial charge in [0.05, 0.1) is 26.4 Å². The number of allylic oxidation sites excluding steroid dienone is 20. The number of hydrogen-bond acceptors (Lipinski definition) is 15. The average molecular weight is 1500 g/mol. The first-order valence-corrected chi connectivity index (χ1v) is 43.8. The van der Waals surface area contributed by atoms with E-state index in [2.05, 4.69) is 131 Å². The van der Waals surface area contributed by atoms with Crippen LogP contribution in [0.1, 0.15) is 336 Å².